The van der Waals surface area contributed by atoms with E-state index in [1.165, 1.54) is 6.07 Å². The topological polar surface area (TPSA) is 44.2 Å². The molecule has 80 valence electrons. The molecule has 0 aromatic carbocycles. The highest BCUT2D eigenvalue weighted by Crippen LogP contribution is 2.13. The average molecular weight is 227 g/mol. The number of ether oxygens (including phenoxy) is 2. The minimum absolute atomic E-state index is 0.154. The zero-order valence-electron chi connectivity index (χ0n) is 8.36. The molecule has 1 heterocycles. The molecule has 5 heteroatoms. The smallest absolute Gasteiger partial charge is 0.219 e. The first-order valence-corrected chi connectivity index (χ1v) is 4.81. The zero-order chi connectivity index (χ0) is 11.1. The number of rotatable bonds is 5. The Morgan fingerprint density at radius 3 is 3.00 bits per heavy atom. The summed E-state index contributed by atoms with van der Waals surface area (Å²) >= 11 is 5.77. The predicted molar refractivity (Wildman–Crippen MR) is 56.7 cm³/mol. The second-order valence-corrected chi connectivity index (χ2v) is 2.96. The Morgan fingerprint density at radius 1 is 1.53 bits per heavy atom. The molecule has 0 spiro atoms. The Kier molecular flexibility index (Phi) is 4.88. The lowest BCUT2D eigenvalue weighted by atomic mass is 10.5. The molecule has 0 bridgehead atoms. The van der Waals surface area contributed by atoms with Gasteiger partial charge in [-0.25, -0.2) is 4.98 Å². The van der Waals surface area contributed by atoms with Crippen LogP contribution in [-0.4, -0.2) is 23.2 Å². The molecule has 1 rings (SSSR count). The van der Waals surface area contributed by atoms with Gasteiger partial charge < -0.3 is 9.47 Å². The lowest BCUT2D eigenvalue weighted by Gasteiger charge is -2.04. The van der Waals surface area contributed by atoms with Gasteiger partial charge in [0.25, 0.3) is 0 Å². The Balaban J connectivity index is 2.71. The molecule has 0 unspecified atom stereocenters. The van der Waals surface area contributed by atoms with Crippen LogP contribution in [0.1, 0.15) is 12.7 Å². The Hall–Kier alpha value is -1.31. The standard InChI is InChI=1S/C10H11ClN2O2/c1-3-5-15-10-6-8(11)12-9(13-10)7-14-4-2/h1,6H,4-5,7H2,2H3. The van der Waals surface area contributed by atoms with Crippen LogP contribution in [0.3, 0.4) is 0 Å². The van der Waals surface area contributed by atoms with Crippen molar-refractivity contribution >= 4 is 11.6 Å². The quantitative estimate of drug-likeness (QED) is 0.566. The van der Waals surface area contributed by atoms with Gasteiger partial charge in [0.2, 0.25) is 5.88 Å². The van der Waals surface area contributed by atoms with Crippen molar-refractivity contribution in [2.45, 2.75) is 13.5 Å². The molecule has 1 aromatic heterocycles. The van der Waals surface area contributed by atoms with Gasteiger partial charge in [0.15, 0.2) is 12.4 Å². The van der Waals surface area contributed by atoms with E-state index < -0.39 is 0 Å². The molecule has 0 atom stereocenters. The second-order valence-electron chi connectivity index (χ2n) is 2.58. The number of terminal acetylenes is 1. The maximum absolute atomic E-state index is 5.77. The zero-order valence-corrected chi connectivity index (χ0v) is 9.12. The number of hydrogen-bond donors (Lipinski definition) is 0. The molecule has 0 aliphatic carbocycles. The van der Waals surface area contributed by atoms with Gasteiger partial charge in [0, 0.05) is 12.7 Å². The third-order valence-corrected chi connectivity index (χ3v) is 1.65. The fraction of sp³-hybridized carbons (Fsp3) is 0.400. The van der Waals surface area contributed by atoms with E-state index in [1.807, 2.05) is 6.92 Å². The Labute approximate surface area is 93.6 Å². The van der Waals surface area contributed by atoms with Crippen LogP contribution in [0.15, 0.2) is 6.07 Å². The SMILES string of the molecule is C#CCOc1cc(Cl)nc(COCC)n1. The van der Waals surface area contributed by atoms with Gasteiger partial charge >= 0.3 is 0 Å². The second kappa shape index (κ2) is 6.23. The van der Waals surface area contributed by atoms with Gasteiger partial charge in [0.1, 0.15) is 11.8 Å². The highest BCUT2D eigenvalue weighted by molar-refractivity contribution is 6.29. The van der Waals surface area contributed by atoms with Crippen molar-refractivity contribution in [1.29, 1.82) is 0 Å². The lowest BCUT2D eigenvalue weighted by molar-refractivity contribution is 0.127. The minimum atomic E-state index is 0.154. The summed E-state index contributed by atoms with van der Waals surface area (Å²) in [6.07, 6.45) is 5.06. The summed E-state index contributed by atoms with van der Waals surface area (Å²) in [5.74, 6) is 3.19. The molecular weight excluding hydrogens is 216 g/mol. The molecule has 0 radical (unpaired) electrons. The maximum atomic E-state index is 5.77. The maximum Gasteiger partial charge on any atom is 0.219 e. The molecule has 0 aliphatic rings. The third kappa shape index (κ3) is 4.15. The summed E-state index contributed by atoms with van der Waals surface area (Å²) in [5.41, 5.74) is 0. The molecule has 4 nitrogen and oxygen atoms in total. The van der Waals surface area contributed by atoms with E-state index in [9.17, 15) is 0 Å². The number of hydrogen-bond acceptors (Lipinski definition) is 4. The summed E-state index contributed by atoms with van der Waals surface area (Å²) < 4.78 is 10.3. The van der Waals surface area contributed by atoms with Crippen molar-refractivity contribution < 1.29 is 9.47 Å². The van der Waals surface area contributed by atoms with E-state index in [1.54, 1.807) is 0 Å². The van der Waals surface area contributed by atoms with Gasteiger partial charge in [-0.15, -0.1) is 6.42 Å². The van der Waals surface area contributed by atoms with Gasteiger partial charge in [-0.2, -0.15) is 4.98 Å². The number of nitrogens with zero attached hydrogens (tertiary/aromatic N) is 2. The number of halogens is 1. The molecular formula is C10H11ClN2O2. The van der Waals surface area contributed by atoms with Gasteiger partial charge in [-0.05, 0) is 6.92 Å². The van der Waals surface area contributed by atoms with Crippen LogP contribution in [0.25, 0.3) is 0 Å². The van der Waals surface area contributed by atoms with Gasteiger partial charge in [0.05, 0.1) is 0 Å². The van der Waals surface area contributed by atoms with E-state index in [-0.39, 0.29) is 6.61 Å². The van der Waals surface area contributed by atoms with Gasteiger partial charge in [-0.3, -0.25) is 0 Å². The van der Waals surface area contributed by atoms with Crippen LogP contribution >= 0.6 is 11.6 Å². The lowest BCUT2D eigenvalue weighted by Crippen LogP contribution is -2.03. The van der Waals surface area contributed by atoms with Crippen LogP contribution in [0, 0.1) is 12.3 Å². The van der Waals surface area contributed by atoms with Crippen molar-refractivity contribution in [2.24, 2.45) is 0 Å². The van der Waals surface area contributed by atoms with Crippen molar-refractivity contribution in [2.75, 3.05) is 13.2 Å². The van der Waals surface area contributed by atoms with Gasteiger partial charge in [-0.1, -0.05) is 17.5 Å². The van der Waals surface area contributed by atoms with Crippen molar-refractivity contribution in [3.63, 3.8) is 0 Å². The van der Waals surface area contributed by atoms with Crippen LogP contribution < -0.4 is 4.74 Å². The highest BCUT2D eigenvalue weighted by atomic mass is 35.5. The molecule has 1 aromatic rings. The molecule has 0 saturated heterocycles. The summed E-state index contributed by atoms with van der Waals surface area (Å²) in [4.78, 5) is 8.05. The largest absolute Gasteiger partial charge is 0.464 e. The Bertz CT molecular complexity index is 363. The molecule has 0 amide bonds. The van der Waals surface area contributed by atoms with E-state index in [0.29, 0.717) is 30.1 Å². The van der Waals surface area contributed by atoms with E-state index in [4.69, 9.17) is 27.5 Å². The first kappa shape index (κ1) is 11.8. The van der Waals surface area contributed by atoms with Crippen LogP contribution in [0.4, 0.5) is 0 Å². The summed E-state index contributed by atoms with van der Waals surface area (Å²) in [6.45, 7) is 2.95. The van der Waals surface area contributed by atoms with E-state index in [2.05, 4.69) is 15.9 Å². The molecule has 0 aliphatic heterocycles. The summed E-state index contributed by atoms with van der Waals surface area (Å²) in [6, 6.07) is 1.51. The minimum Gasteiger partial charge on any atom is -0.464 e. The van der Waals surface area contributed by atoms with Crippen LogP contribution in [0.2, 0.25) is 5.15 Å². The molecule has 0 N–H and O–H groups in total. The van der Waals surface area contributed by atoms with Crippen LogP contribution in [-0.2, 0) is 11.3 Å². The third-order valence-electron chi connectivity index (χ3n) is 1.46. The molecule has 0 saturated carbocycles. The monoisotopic (exact) mass is 226 g/mol. The van der Waals surface area contributed by atoms with Crippen molar-refractivity contribution in [1.82, 2.24) is 9.97 Å². The van der Waals surface area contributed by atoms with E-state index in [0.717, 1.165) is 0 Å². The van der Waals surface area contributed by atoms with E-state index >= 15 is 0 Å². The fourth-order valence-electron chi connectivity index (χ4n) is 0.889. The summed E-state index contributed by atoms with van der Waals surface area (Å²) in [5, 5.41) is 0.312. The normalized spacial score (nSPS) is 9.67. The summed E-state index contributed by atoms with van der Waals surface area (Å²) in [7, 11) is 0. The van der Waals surface area contributed by atoms with Crippen molar-refractivity contribution in [3.8, 4) is 18.2 Å². The first-order valence-electron chi connectivity index (χ1n) is 4.43. The predicted octanol–water partition coefficient (Wildman–Crippen LogP) is 1.68. The molecule has 0 fully saturated rings. The highest BCUT2D eigenvalue weighted by Gasteiger charge is 2.03. The fourth-order valence-corrected chi connectivity index (χ4v) is 1.08. The van der Waals surface area contributed by atoms with Crippen molar-refractivity contribution in [3.05, 3.63) is 17.0 Å². The number of aromatic nitrogens is 2. The molecule has 15 heavy (non-hydrogen) atoms. The van der Waals surface area contributed by atoms with Crippen LogP contribution in [0.5, 0.6) is 5.88 Å². The first-order chi connectivity index (χ1) is 7.26. The average Bonchev–Trinajstić information content (AvgIpc) is 2.23. The Morgan fingerprint density at radius 2 is 2.33 bits per heavy atom.